The summed E-state index contributed by atoms with van der Waals surface area (Å²) in [6, 6.07) is 8.14. The molecular weight excluding hydrogens is 278 g/mol. The molecule has 1 heteroatoms. The highest BCUT2D eigenvalue weighted by Crippen LogP contribution is 2.44. The Morgan fingerprint density at radius 1 is 0.870 bits per heavy atom. The molecule has 1 saturated heterocycles. The van der Waals surface area contributed by atoms with Crippen LogP contribution in [0, 0.1) is 0 Å². The van der Waals surface area contributed by atoms with E-state index in [0.29, 0.717) is 12.0 Å². The van der Waals surface area contributed by atoms with Crippen molar-refractivity contribution in [3.05, 3.63) is 34.9 Å². The Bertz CT molecular complexity index is 477. The average Bonchev–Trinajstić information content (AvgIpc) is 3.41. The first-order valence-corrected chi connectivity index (χ1v) is 9.94. The van der Waals surface area contributed by atoms with Crippen molar-refractivity contribution in [1.29, 1.82) is 0 Å². The lowest BCUT2D eigenvalue weighted by Crippen LogP contribution is -2.37. The summed E-state index contributed by atoms with van der Waals surface area (Å²) in [6.45, 7) is 15.9. The summed E-state index contributed by atoms with van der Waals surface area (Å²) in [7, 11) is 0. The van der Waals surface area contributed by atoms with Crippen LogP contribution in [-0.2, 0) is 0 Å². The summed E-state index contributed by atoms with van der Waals surface area (Å²) in [6.07, 6.45) is 5.50. The van der Waals surface area contributed by atoms with Gasteiger partial charge in [-0.1, -0.05) is 45.9 Å². The Morgan fingerprint density at radius 3 is 1.96 bits per heavy atom. The van der Waals surface area contributed by atoms with Gasteiger partial charge in [0, 0.05) is 6.04 Å². The first-order chi connectivity index (χ1) is 11.1. The van der Waals surface area contributed by atoms with Crippen LogP contribution in [0.4, 0.5) is 0 Å². The van der Waals surface area contributed by atoms with Crippen LogP contribution in [0.5, 0.6) is 0 Å². The first-order valence-electron chi connectivity index (χ1n) is 9.94. The zero-order valence-electron chi connectivity index (χ0n) is 16.2. The lowest BCUT2D eigenvalue weighted by atomic mass is 9.85. The second-order valence-electron chi connectivity index (χ2n) is 7.72. The van der Waals surface area contributed by atoms with E-state index in [1.165, 1.54) is 38.8 Å². The zero-order chi connectivity index (χ0) is 17.0. The van der Waals surface area contributed by atoms with Crippen LogP contribution in [0.2, 0.25) is 0 Å². The van der Waals surface area contributed by atoms with E-state index >= 15 is 0 Å². The molecule has 130 valence electrons. The normalized spacial score (nSPS) is 19.8. The molecule has 1 saturated carbocycles. The minimum atomic E-state index is 0.664. The molecule has 1 aromatic rings. The van der Waals surface area contributed by atoms with Gasteiger partial charge in [-0.15, -0.1) is 0 Å². The third kappa shape index (κ3) is 4.59. The van der Waals surface area contributed by atoms with Crippen molar-refractivity contribution in [1.82, 2.24) is 4.90 Å². The quantitative estimate of drug-likeness (QED) is 0.630. The van der Waals surface area contributed by atoms with Gasteiger partial charge >= 0.3 is 0 Å². The molecule has 1 aromatic carbocycles. The summed E-state index contributed by atoms with van der Waals surface area (Å²) >= 11 is 0. The standard InChI is InChI=1S/C20H31N.C2H6/c1-14(2)19-8-7-18(13-20(19)17-5-6-17)16-9-11-21(12-10-16)15(3)4;1-2/h7-8,13-17H,5-6,9-12H2,1-4H3;1-2H3. The summed E-state index contributed by atoms with van der Waals surface area (Å²) in [5.74, 6) is 2.33. The van der Waals surface area contributed by atoms with Gasteiger partial charge in [0.25, 0.3) is 0 Å². The van der Waals surface area contributed by atoms with Gasteiger partial charge in [0.1, 0.15) is 0 Å². The second-order valence-corrected chi connectivity index (χ2v) is 7.72. The Labute approximate surface area is 144 Å². The molecule has 1 aliphatic heterocycles. The van der Waals surface area contributed by atoms with Crippen molar-refractivity contribution in [3.63, 3.8) is 0 Å². The van der Waals surface area contributed by atoms with Crippen molar-refractivity contribution in [2.75, 3.05) is 13.1 Å². The van der Waals surface area contributed by atoms with Crippen LogP contribution in [0.1, 0.15) is 102 Å². The van der Waals surface area contributed by atoms with Gasteiger partial charge in [0.2, 0.25) is 0 Å². The van der Waals surface area contributed by atoms with Crippen molar-refractivity contribution >= 4 is 0 Å². The van der Waals surface area contributed by atoms with Crippen LogP contribution in [0.25, 0.3) is 0 Å². The minimum absolute atomic E-state index is 0.664. The number of hydrogen-bond acceptors (Lipinski definition) is 1. The molecule has 0 radical (unpaired) electrons. The predicted molar refractivity (Wildman–Crippen MR) is 103 cm³/mol. The number of piperidine rings is 1. The van der Waals surface area contributed by atoms with Gasteiger partial charge in [-0.3, -0.25) is 0 Å². The summed E-state index contributed by atoms with van der Waals surface area (Å²) in [5.41, 5.74) is 4.89. The third-order valence-electron chi connectivity index (χ3n) is 5.48. The first kappa shape index (κ1) is 18.5. The molecule has 0 spiro atoms. The van der Waals surface area contributed by atoms with Crippen LogP contribution in [0.3, 0.4) is 0 Å². The van der Waals surface area contributed by atoms with Crippen LogP contribution < -0.4 is 0 Å². The molecule has 2 fully saturated rings. The van der Waals surface area contributed by atoms with E-state index in [4.69, 9.17) is 0 Å². The average molecular weight is 316 g/mol. The van der Waals surface area contributed by atoms with Crippen molar-refractivity contribution < 1.29 is 0 Å². The fourth-order valence-corrected chi connectivity index (χ4v) is 3.87. The molecule has 23 heavy (non-hydrogen) atoms. The Kier molecular flexibility index (Phi) is 6.71. The number of nitrogens with zero attached hydrogens (tertiary/aromatic N) is 1. The highest BCUT2D eigenvalue weighted by molar-refractivity contribution is 5.40. The van der Waals surface area contributed by atoms with Crippen LogP contribution >= 0.6 is 0 Å². The smallest absolute Gasteiger partial charge is 0.00385 e. The van der Waals surface area contributed by atoms with E-state index in [0.717, 1.165) is 11.8 Å². The molecule has 0 amide bonds. The maximum atomic E-state index is 2.63. The van der Waals surface area contributed by atoms with Gasteiger partial charge in [-0.2, -0.15) is 0 Å². The number of hydrogen-bond donors (Lipinski definition) is 0. The largest absolute Gasteiger partial charge is 0.301 e. The van der Waals surface area contributed by atoms with Gasteiger partial charge < -0.3 is 4.90 Å². The van der Waals surface area contributed by atoms with Crippen LogP contribution in [0.15, 0.2) is 18.2 Å². The van der Waals surface area contributed by atoms with E-state index in [1.54, 1.807) is 16.7 Å². The van der Waals surface area contributed by atoms with Crippen LogP contribution in [-0.4, -0.2) is 24.0 Å². The maximum Gasteiger partial charge on any atom is 0.00385 e. The molecule has 0 unspecified atom stereocenters. The SMILES string of the molecule is CC.CC(C)c1ccc(C2CCN(C(C)C)CC2)cc1C1CC1. The second kappa shape index (κ2) is 8.33. The predicted octanol–water partition coefficient (Wildman–Crippen LogP) is 6.30. The van der Waals surface area contributed by atoms with E-state index in [1.807, 2.05) is 13.8 Å². The lowest BCUT2D eigenvalue weighted by Gasteiger charge is -2.35. The Morgan fingerprint density at radius 2 is 1.48 bits per heavy atom. The molecule has 3 rings (SSSR count). The van der Waals surface area contributed by atoms with E-state index in [9.17, 15) is 0 Å². The van der Waals surface area contributed by atoms with Gasteiger partial charge in [-0.05, 0) is 87.1 Å². The molecule has 0 N–H and O–H groups in total. The molecule has 1 aliphatic carbocycles. The summed E-state index contributed by atoms with van der Waals surface area (Å²) in [5, 5.41) is 0. The molecule has 0 atom stereocenters. The molecule has 1 heterocycles. The van der Waals surface area contributed by atoms with E-state index < -0.39 is 0 Å². The Balaban J connectivity index is 0.000000924. The van der Waals surface area contributed by atoms with Gasteiger partial charge in [-0.25, -0.2) is 0 Å². The van der Waals surface area contributed by atoms with Crippen molar-refractivity contribution in [3.8, 4) is 0 Å². The monoisotopic (exact) mass is 315 g/mol. The highest BCUT2D eigenvalue weighted by Gasteiger charge is 2.28. The van der Waals surface area contributed by atoms with E-state index in [-0.39, 0.29) is 0 Å². The number of benzene rings is 1. The number of likely N-dealkylation sites (tertiary alicyclic amines) is 1. The van der Waals surface area contributed by atoms with E-state index in [2.05, 4.69) is 50.8 Å². The molecule has 2 aliphatic rings. The zero-order valence-corrected chi connectivity index (χ0v) is 16.2. The highest BCUT2D eigenvalue weighted by atomic mass is 15.1. The van der Waals surface area contributed by atoms with Crippen molar-refractivity contribution in [2.45, 2.75) is 91.0 Å². The topological polar surface area (TPSA) is 3.24 Å². The van der Waals surface area contributed by atoms with Gasteiger partial charge in [0.15, 0.2) is 0 Å². The minimum Gasteiger partial charge on any atom is -0.301 e. The number of rotatable bonds is 4. The van der Waals surface area contributed by atoms with Crippen molar-refractivity contribution in [2.24, 2.45) is 0 Å². The summed E-state index contributed by atoms with van der Waals surface area (Å²) in [4.78, 5) is 2.63. The lowest BCUT2D eigenvalue weighted by molar-refractivity contribution is 0.172. The summed E-state index contributed by atoms with van der Waals surface area (Å²) < 4.78 is 0. The van der Waals surface area contributed by atoms with Gasteiger partial charge in [0.05, 0.1) is 0 Å². The fourth-order valence-electron chi connectivity index (χ4n) is 3.87. The molecule has 1 nitrogen and oxygen atoms in total. The third-order valence-corrected chi connectivity index (χ3v) is 5.48. The molecular formula is C22H37N. The molecule has 0 bridgehead atoms. The Hall–Kier alpha value is -0.820. The fraction of sp³-hybridized carbons (Fsp3) is 0.727. The molecule has 0 aromatic heterocycles. The maximum absolute atomic E-state index is 2.63.